The van der Waals surface area contributed by atoms with Crippen molar-refractivity contribution >= 4 is 21.6 Å². The molecule has 0 spiro atoms. The minimum absolute atomic E-state index is 0.0955. The summed E-state index contributed by atoms with van der Waals surface area (Å²) in [5, 5.41) is 19.9. The first-order valence-electron chi connectivity index (χ1n) is 5.76. The fourth-order valence-electron chi connectivity index (χ4n) is 1.99. The van der Waals surface area contributed by atoms with E-state index in [0.717, 1.165) is 28.7 Å². The Morgan fingerprint density at radius 2 is 2.16 bits per heavy atom. The molecule has 0 atom stereocenters. The minimum Gasteiger partial charge on any atom is -0.258 e. The van der Waals surface area contributed by atoms with Gasteiger partial charge in [-0.15, -0.1) is 5.10 Å². The first-order chi connectivity index (χ1) is 9.04. The van der Waals surface area contributed by atoms with Gasteiger partial charge in [-0.05, 0) is 19.4 Å². The average molecular weight is 325 g/mol. The molecule has 0 N–H and O–H groups in total. The highest BCUT2D eigenvalue weighted by Crippen LogP contribution is 2.27. The van der Waals surface area contributed by atoms with Crippen LogP contribution in [-0.4, -0.2) is 25.2 Å². The van der Waals surface area contributed by atoms with E-state index in [2.05, 4.69) is 26.2 Å². The number of benzene rings is 1. The van der Waals surface area contributed by atoms with E-state index in [4.69, 9.17) is 0 Å². The first-order valence-corrected chi connectivity index (χ1v) is 6.89. The summed E-state index contributed by atoms with van der Waals surface area (Å²) in [6.07, 6.45) is 2.58. The molecule has 1 aromatic carbocycles. The van der Waals surface area contributed by atoms with Crippen molar-refractivity contribution in [1.29, 1.82) is 0 Å². The van der Waals surface area contributed by atoms with Crippen LogP contribution in [0.25, 0.3) is 5.69 Å². The molecule has 0 saturated heterocycles. The van der Waals surface area contributed by atoms with Crippen LogP contribution in [0.3, 0.4) is 0 Å². The molecule has 7 heteroatoms. The van der Waals surface area contributed by atoms with Crippen molar-refractivity contribution in [2.75, 3.05) is 5.33 Å². The third kappa shape index (κ3) is 2.65. The van der Waals surface area contributed by atoms with E-state index < -0.39 is 0 Å². The summed E-state index contributed by atoms with van der Waals surface area (Å²) in [5.41, 5.74) is 3.20. The Hall–Kier alpha value is -1.76. The highest BCUT2D eigenvalue weighted by molar-refractivity contribution is 9.09. The predicted octanol–water partition coefficient (Wildman–Crippen LogP) is 2.73. The molecule has 0 amide bonds. The molecule has 6 nitrogen and oxygen atoms in total. The molecule has 0 aliphatic rings. The van der Waals surface area contributed by atoms with E-state index in [0.29, 0.717) is 5.56 Å². The van der Waals surface area contributed by atoms with Crippen molar-refractivity contribution in [2.24, 2.45) is 0 Å². The lowest BCUT2D eigenvalue weighted by molar-refractivity contribution is -0.385. The van der Waals surface area contributed by atoms with E-state index in [9.17, 15) is 10.1 Å². The molecule has 0 saturated carbocycles. The fraction of sp³-hybridized carbons (Fsp3) is 0.333. The monoisotopic (exact) mass is 324 g/mol. The van der Waals surface area contributed by atoms with Gasteiger partial charge in [-0.2, -0.15) is 0 Å². The Morgan fingerprint density at radius 3 is 2.79 bits per heavy atom. The normalized spacial score (nSPS) is 10.7. The second kappa shape index (κ2) is 5.48. The molecule has 0 unspecified atom stereocenters. The van der Waals surface area contributed by atoms with Crippen LogP contribution in [-0.2, 0) is 6.42 Å². The van der Waals surface area contributed by atoms with E-state index >= 15 is 0 Å². The van der Waals surface area contributed by atoms with Gasteiger partial charge in [-0.1, -0.05) is 27.2 Å². The number of alkyl halides is 1. The molecule has 0 aliphatic heterocycles. The van der Waals surface area contributed by atoms with Gasteiger partial charge < -0.3 is 0 Å². The van der Waals surface area contributed by atoms with Crippen LogP contribution in [0.4, 0.5) is 5.69 Å². The summed E-state index contributed by atoms with van der Waals surface area (Å²) in [5.74, 6) is 0. The van der Waals surface area contributed by atoms with Crippen molar-refractivity contribution in [2.45, 2.75) is 20.3 Å². The van der Waals surface area contributed by atoms with Crippen LogP contribution in [0.2, 0.25) is 0 Å². The number of nitrogens with zero attached hydrogens (tertiary/aromatic N) is 4. The molecule has 100 valence electrons. The Bertz CT molecular complexity index is 624. The molecular formula is C12H13BrN4O2. The predicted molar refractivity (Wildman–Crippen MR) is 75.0 cm³/mol. The van der Waals surface area contributed by atoms with E-state index in [1.165, 1.54) is 6.07 Å². The topological polar surface area (TPSA) is 73.8 Å². The molecule has 1 heterocycles. The quantitative estimate of drug-likeness (QED) is 0.492. The smallest absolute Gasteiger partial charge is 0.258 e. The summed E-state index contributed by atoms with van der Waals surface area (Å²) in [6.45, 7) is 3.63. The maximum atomic E-state index is 11.0. The average Bonchev–Trinajstić information content (AvgIpc) is 2.77. The number of nitro groups is 1. The van der Waals surface area contributed by atoms with Crippen LogP contribution >= 0.6 is 15.9 Å². The Kier molecular flexibility index (Phi) is 3.94. The molecule has 0 radical (unpaired) electrons. The lowest BCUT2D eigenvalue weighted by atomic mass is 10.1. The van der Waals surface area contributed by atoms with Crippen molar-refractivity contribution in [1.82, 2.24) is 15.0 Å². The van der Waals surface area contributed by atoms with Gasteiger partial charge in [0, 0.05) is 17.8 Å². The summed E-state index contributed by atoms with van der Waals surface area (Å²) in [7, 11) is 0. The van der Waals surface area contributed by atoms with E-state index in [-0.39, 0.29) is 10.6 Å². The molecule has 2 rings (SSSR count). The maximum absolute atomic E-state index is 11.0. The number of halogens is 1. The van der Waals surface area contributed by atoms with Gasteiger partial charge in [0.15, 0.2) is 0 Å². The summed E-state index contributed by atoms with van der Waals surface area (Å²) < 4.78 is 1.61. The Labute approximate surface area is 118 Å². The van der Waals surface area contributed by atoms with Gasteiger partial charge in [0.1, 0.15) is 0 Å². The standard InChI is InChI=1S/C12H13BrN4O2/c1-8-3-4-11(17(18)19)9(2)12(8)16-7-10(5-6-13)14-15-16/h3-4,7H,5-6H2,1-2H3. The van der Waals surface area contributed by atoms with Gasteiger partial charge in [0.05, 0.1) is 28.1 Å². The number of aryl methyl sites for hydroxylation is 2. The van der Waals surface area contributed by atoms with Gasteiger partial charge in [-0.25, -0.2) is 4.68 Å². The lowest BCUT2D eigenvalue weighted by Gasteiger charge is -2.09. The molecule has 1 aromatic heterocycles. The van der Waals surface area contributed by atoms with Crippen molar-refractivity contribution < 1.29 is 4.92 Å². The van der Waals surface area contributed by atoms with Crippen LogP contribution in [0.5, 0.6) is 0 Å². The molecule has 0 bridgehead atoms. The maximum Gasteiger partial charge on any atom is 0.274 e. The van der Waals surface area contributed by atoms with Crippen LogP contribution in [0.15, 0.2) is 18.3 Å². The Balaban J connectivity index is 2.53. The first kappa shape index (κ1) is 13.7. The van der Waals surface area contributed by atoms with Crippen molar-refractivity contribution in [3.8, 4) is 5.69 Å². The number of hydrogen-bond acceptors (Lipinski definition) is 4. The van der Waals surface area contributed by atoms with Gasteiger partial charge >= 0.3 is 0 Å². The summed E-state index contributed by atoms with van der Waals surface area (Å²) in [4.78, 5) is 10.6. The highest BCUT2D eigenvalue weighted by atomic mass is 79.9. The summed E-state index contributed by atoms with van der Waals surface area (Å²) in [6, 6.07) is 3.25. The number of nitro benzene ring substituents is 1. The second-order valence-corrected chi connectivity index (χ2v) is 5.02. The number of hydrogen-bond donors (Lipinski definition) is 0. The van der Waals surface area contributed by atoms with Crippen LogP contribution in [0, 0.1) is 24.0 Å². The zero-order valence-electron chi connectivity index (χ0n) is 10.6. The molecule has 19 heavy (non-hydrogen) atoms. The van der Waals surface area contributed by atoms with Gasteiger partial charge in [0.25, 0.3) is 5.69 Å². The largest absolute Gasteiger partial charge is 0.274 e. The molecule has 2 aromatic rings. The third-order valence-electron chi connectivity index (χ3n) is 2.92. The van der Waals surface area contributed by atoms with Gasteiger partial charge in [0.2, 0.25) is 0 Å². The molecular weight excluding hydrogens is 312 g/mol. The van der Waals surface area contributed by atoms with Gasteiger partial charge in [-0.3, -0.25) is 10.1 Å². The van der Waals surface area contributed by atoms with Crippen LogP contribution < -0.4 is 0 Å². The van der Waals surface area contributed by atoms with Crippen molar-refractivity contribution in [3.05, 3.63) is 45.3 Å². The zero-order valence-corrected chi connectivity index (χ0v) is 12.2. The highest BCUT2D eigenvalue weighted by Gasteiger charge is 2.17. The second-order valence-electron chi connectivity index (χ2n) is 4.23. The number of rotatable bonds is 4. The minimum atomic E-state index is -0.380. The Morgan fingerprint density at radius 1 is 1.42 bits per heavy atom. The van der Waals surface area contributed by atoms with E-state index in [1.807, 2.05) is 6.92 Å². The molecule has 0 fully saturated rings. The van der Waals surface area contributed by atoms with Crippen molar-refractivity contribution in [3.63, 3.8) is 0 Å². The zero-order chi connectivity index (χ0) is 14.0. The summed E-state index contributed by atoms with van der Waals surface area (Å²) >= 11 is 3.34. The number of aromatic nitrogens is 3. The van der Waals surface area contributed by atoms with E-state index in [1.54, 1.807) is 23.9 Å². The fourth-order valence-corrected chi connectivity index (χ4v) is 2.40. The third-order valence-corrected chi connectivity index (χ3v) is 3.32. The molecule has 0 aliphatic carbocycles. The lowest BCUT2D eigenvalue weighted by Crippen LogP contribution is -2.04. The van der Waals surface area contributed by atoms with Crippen LogP contribution in [0.1, 0.15) is 16.8 Å². The SMILES string of the molecule is Cc1ccc([N+](=O)[O-])c(C)c1-n1cc(CCBr)nn1.